The quantitative estimate of drug-likeness (QED) is 0.354. The van der Waals surface area contributed by atoms with Gasteiger partial charge in [0.05, 0.1) is 5.92 Å². The molecule has 31 heavy (non-hydrogen) atoms. The number of anilines is 1. The lowest BCUT2D eigenvalue weighted by Gasteiger charge is -2.30. The number of amides is 2. The molecule has 2 amide bonds. The average Bonchev–Trinajstić information content (AvgIpc) is 3.24. The minimum atomic E-state index is -0.692. The molecule has 2 atom stereocenters. The lowest BCUT2D eigenvalue weighted by Crippen LogP contribution is -2.46. The molecular formula is C25H19N3O3. The fourth-order valence-electron chi connectivity index (χ4n) is 3.80. The molecule has 0 bridgehead atoms. The number of nitrogens with zero attached hydrogens (tertiary/aromatic N) is 3. The summed E-state index contributed by atoms with van der Waals surface area (Å²) in [4.78, 5) is 36.3. The summed E-state index contributed by atoms with van der Waals surface area (Å²) in [7, 11) is 0. The van der Waals surface area contributed by atoms with Crippen molar-refractivity contribution in [1.82, 2.24) is 4.98 Å². The average molecular weight is 409 g/mol. The molecule has 2 aromatic carbocycles. The van der Waals surface area contributed by atoms with Crippen LogP contribution < -0.4 is 4.90 Å². The van der Waals surface area contributed by atoms with Gasteiger partial charge in [0.25, 0.3) is 5.91 Å². The Bertz CT molecular complexity index is 1280. The number of hydrogen-bond donors (Lipinski definition) is 0. The zero-order valence-electron chi connectivity index (χ0n) is 16.8. The summed E-state index contributed by atoms with van der Waals surface area (Å²) < 4.78 is 5.90. The lowest BCUT2D eigenvalue weighted by molar-refractivity contribution is -0.118. The molecule has 0 fully saturated rings. The van der Waals surface area contributed by atoms with Gasteiger partial charge in [-0.2, -0.15) is 0 Å². The van der Waals surface area contributed by atoms with Gasteiger partial charge in [-0.05, 0) is 42.8 Å². The van der Waals surface area contributed by atoms with Crippen LogP contribution in [0.4, 0.5) is 5.82 Å². The summed E-state index contributed by atoms with van der Waals surface area (Å²) in [5, 5.41) is 1.01. The van der Waals surface area contributed by atoms with Crippen LogP contribution in [0.3, 0.4) is 0 Å². The van der Waals surface area contributed by atoms with E-state index >= 15 is 0 Å². The fourth-order valence-corrected chi connectivity index (χ4v) is 3.80. The molecule has 0 spiro atoms. The van der Waals surface area contributed by atoms with E-state index in [4.69, 9.17) is 4.42 Å². The molecule has 4 aromatic rings. The van der Waals surface area contributed by atoms with Gasteiger partial charge in [0.1, 0.15) is 23.2 Å². The minimum absolute atomic E-state index is 0.284. The topological polar surface area (TPSA) is 75.8 Å². The van der Waals surface area contributed by atoms with Crippen LogP contribution in [0.2, 0.25) is 0 Å². The first kappa shape index (κ1) is 18.9. The van der Waals surface area contributed by atoms with Crippen molar-refractivity contribution in [3.8, 4) is 0 Å². The van der Waals surface area contributed by atoms with Gasteiger partial charge >= 0.3 is 0 Å². The summed E-state index contributed by atoms with van der Waals surface area (Å²) >= 11 is 0. The Hall–Kier alpha value is -4.06. The van der Waals surface area contributed by atoms with Crippen LogP contribution in [0.15, 0.2) is 88.4 Å². The van der Waals surface area contributed by atoms with E-state index in [1.54, 1.807) is 48.8 Å². The SMILES string of the molecule is C[C@@H](N=CC1C(=O)N(c2ccccn2)C(=O)c2ccccc21)c1cc2ccccc2o1. The van der Waals surface area contributed by atoms with Crippen LogP contribution in [0.25, 0.3) is 11.0 Å². The van der Waals surface area contributed by atoms with Crippen LogP contribution in [-0.2, 0) is 4.79 Å². The maximum absolute atomic E-state index is 13.3. The summed E-state index contributed by atoms with van der Waals surface area (Å²) in [6.07, 6.45) is 3.17. The van der Waals surface area contributed by atoms with E-state index in [9.17, 15) is 9.59 Å². The van der Waals surface area contributed by atoms with Crippen molar-refractivity contribution in [2.45, 2.75) is 18.9 Å². The second-order valence-electron chi connectivity index (χ2n) is 7.39. The highest BCUT2D eigenvalue weighted by Crippen LogP contribution is 2.32. The van der Waals surface area contributed by atoms with E-state index < -0.39 is 5.92 Å². The number of para-hydroxylation sites is 1. The van der Waals surface area contributed by atoms with Crippen molar-refractivity contribution in [3.05, 3.63) is 95.9 Å². The Labute approximate surface area is 178 Å². The Morgan fingerprint density at radius 1 is 1.03 bits per heavy atom. The third kappa shape index (κ3) is 3.32. The van der Waals surface area contributed by atoms with Crippen molar-refractivity contribution >= 4 is 34.8 Å². The molecule has 2 aromatic heterocycles. The molecule has 3 heterocycles. The number of aliphatic imine (C=N–C) groups is 1. The van der Waals surface area contributed by atoms with Crippen LogP contribution in [-0.4, -0.2) is 23.0 Å². The van der Waals surface area contributed by atoms with Gasteiger partial charge in [-0.3, -0.25) is 14.6 Å². The van der Waals surface area contributed by atoms with Crippen molar-refractivity contribution in [1.29, 1.82) is 0 Å². The van der Waals surface area contributed by atoms with E-state index in [2.05, 4.69) is 9.98 Å². The van der Waals surface area contributed by atoms with Gasteiger partial charge in [-0.25, -0.2) is 9.88 Å². The smallest absolute Gasteiger partial charge is 0.266 e. The predicted octanol–water partition coefficient (Wildman–Crippen LogP) is 4.93. The second-order valence-corrected chi connectivity index (χ2v) is 7.39. The van der Waals surface area contributed by atoms with Gasteiger partial charge in [0.2, 0.25) is 5.91 Å². The molecule has 6 heteroatoms. The van der Waals surface area contributed by atoms with E-state index in [1.807, 2.05) is 43.3 Å². The third-order valence-electron chi connectivity index (χ3n) is 5.41. The Kier molecular flexibility index (Phi) is 4.67. The molecule has 152 valence electrons. The number of carbonyl (C=O) groups is 2. The molecule has 1 aliphatic rings. The Balaban J connectivity index is 1.51. The number of furan rings is 1. The maximum atomic E-state index is 13.3. The number of benzene rings is 2. The van der Waals surface area contributed by atoms with Gasteiger partial charge < -0.3 is 4.42 Å². The fraction of sp³-hybridized carbons (Fsp3) is 0.120. The Morgan fingerprint density at radius 3 is 2.61 bits per heavy atom. The zero-order valence-corrected chi connectivity index (χ0v) is 16.8. The maximum Gasteiger partial charge on any atom is 0.266 e. The molecule has 0 saturated carbocycles. The number of carbonyl (C=O) groups excluding carboxylic acids is 2. The number of hydrogen-bond acceptors (Lipinski definition) is 5. The molecule has 0 aliphatic carbocycles. The molecule has 6 nitrogen and oxygen atoms in total. The lowest BCUT2D eigenvalue weighted by atomic mass is 9.89. The number of aromatic nitrogens is 1. The van der Waals surface area contributed by atoms with Crippen molar-refractivity contribution in [3.63, 3.8) is 0 Å². The number of pyridine rings is 1. The third-order valence-corrected chi connectivity index (χ3v) is 5.41. The van der Waals surface area contributed by atoms with Crippen molar-refractivity contribution in [2.24, 2.45) is 4.99 Å². The molecule has 0 saturated heterocycles. The van der Waals surface area contributed by atoms with Crippen LogP contribution in [0.1, 0.15) is 40.6 Å². The van der Waals surface area contributed by atoms with Crippen LogP contribution in [0, 0.1) is 0 Å². The predicted molar refractivity (Wildman–Crippen MR) is 118 cm³/mol. The van der Waals surface area contributed by atoms with E-state index in [-0.39, 0.29) is 17.9 Å². The first-order valence-electron chi connectivity index (χ1n) is 10.0. The summed E-state index contributed by atoms with van der Waals surface area (Å²) in [6.45, 7) is 1.91. The summed E-state index contributed by atoms with van der Waals surface area (Å²) in [5.74, 6) is -0.428. The summed E-state index contributed by atoms with van der Waals surface area (Å²) in [6, 6.07) is 21.7. The first-order chi connectivity index (χ1) is 15.1. The first-order valence-corrected chi connectivity index (χ1v) is 10.0. The second kappa shape index (κ2) is 7.65. The van der Waals surface area contributed by atoms with Gasteiger partial charge in [-0.15, -0.1) is 0 Å². The van der Waals surface area contributed by atoms with Gasteiger partial charge in [0, 0.05) is 23.4 Å². The highest BCUT2D eigenvalue weighted by molar-refractivity contribution is 6.28. The molecule has 1 unspecified atom stereocenters. The van der Waals surface area contributed by atoms with Crippen LogP contribution >= 0.6 is 0 Å². The molecule has 0 radical (unpaired) electrons. The minimum Gasteiger partial charge on any atom is -0.459 e. The van der Waals surface area contributed by atoms with Crippen molar-refractivity contribution in [2.75, 3.05) is 4.90 Å². The summed E-state index contributed by atoms with van der Waals surface area (Å²) in [5.41, 5.74) is 1.91. The number of fused-ring (bicyclic) bond motifs is 2. The van der Waals surface area contributed by atoms with E-state index in [1.165, 1.54) is 0 Å². The number of rotatable bonds is 4. The molecule has 1 aliphatic heterocycles. The molecular weight excluding hydrogens is 390 g/mol. The molecule has 0 N–H and O–H groups in total. The van der Waals surface area contributed by atoms with E-state index in [0.29, 0.717) is 22.7 Å². The normalized spacial score (nSPS) is 17.3. The zero-order chi connectivity index (χ0) is 21.4. The van der Waals surface area contributed by atoms with Crippen LogP contribution in [0.5, 0.6) is 0 Å². The van der Waals surface area contributed by atoms with E-state index in [0.717, 1.165) is 15.9 Å². The standard InChI is InChI=1S/C25H19N3O3/c1-16(22-14-17-8-2-5-11-21(17)31-22)27-15-20-18-9-3-4-10-19(18)24(29)28(25(20)30)23-12-6-7-13-26-23/h2-16,20H,1H3/t16-,20?/m1/s1. The highest BCUT2D eigenvalue weighted by atomic mass is 16.3. The Morgan fingerprint density at radius 2 is 1.81 bits per heavy atom. The highest BCUT2D eigenvalue weighted by Gasteiger charge is 2.39. The van der Waals surface area contributed by atoms with Gasteiger partial charge in [0.15, 0.2) is 0 Å². The molecule has 5 rings (SSSR count). The van der Waals surface area contributed by atoms with Crippen molar-refractivity contribution < 1.29 is 14.0 Å². The number of imide groups is 1. The largest absolute Gasteiger partial charge is 0.459 e. The monoisotopic (exact) mass is 409 g/mol. The van der Waals surface area contributed by atoms with Gasteiger partial charge in [-0.1, -0.05) is 42.5 Å².